The SMILES string of the molecule is CC(=O)OCC(=O)[C@@]1(C#CC(F)(F)F)CC[C@H]2[C@@H]3CC(C)C4=CC(=O)CCC4=C3[C@@H](c3ccc(N4CCCCC4)cc3)C[C@@]21C. The third-order valence-corrected chi connectivity index (χ3v) is 11.6. The second-order valence-electron chi connectivity index (χ2n) is 14.1. The van der Waals surface area contributed by atoms with Crippen molar-refractivity contribution in [1.82, 2.24) is 0 Å². The molecule has 0 aromatic heterocycles. The van der Waals surface area contributed by atoms with Crippen molar-refractivity contribution in [3.05, 3.63) is 52.6 Å². The molecule has 3 fully saturated rings. The third-order valence-electron chi connectivity index (χ3n) is 11.6. The maximum atomic E-state index is 14.0. The zero-order valence-corrected chi connectivity index (χ0v) is 26.4. The largest absolute Gasteiger partial charge is 0.458 e. The number of anilines is 1. The van der Waals surface area contributed by atoms with E-state index >= 15 is 0 Å². The number of carbonyl (C=O) groups excluding carboxylic acids is 3. The van der Waals surface area contributed by atoms with Gasteiger partial charge in [-0.3, -0.25) is 14.4 Å². The van der Waals surface area contributed by atoms with Crippen LogP contribution in [0.15, 0.2) is 47.1 Å². The average molecular weight is 622 g/mol. The summed E-state index contributed by atoms with van der Waals surface area (Å²) in [6.45, 7) is 6.72. The van der Waals surface area contributed by atoms with Crippen molar-refractivity contribution in [3.63, 3.8) is 0 Å². The molecule has 1 heterocycles. The van der Waals surface area contributed by atoms with Crippen molar-refractivity contribution in [1.29, 1.82) is 0 Å². The van der Waals surface area contributed by atoms with Crippen LogP contribution in [-0.4, -0.2) is 43.4 Å². The minimum Gasteiger partial charge on any atom is -0.458 e. The fourth-order valence-corrected chi connectivity index (χ4v) is 9.55. The van der Waals surface area contributed by atoms with Crippen molar-refractivity contribution in [2.75, 3.05) is 24.6 Å². The number of ether oxygens (including phenoxy) is 1. The van der Waals surface area contributed by atoms with Gasteiger partial charge in [-0.1, -0.05) is 37.5 Å². The second-order valence-corrected chi connectivity index (χ2v) is 14.1. The summed E-state index contributed by atoms with van der Waals surface area (Å²) in [5, 5.41) is 0. The highest BCUT2D eigenvalue weighted by Crippen LogP contribution is 2.70. The van der Waals surface area contributed by atoms with E-state index in [-0.39, 0.29) is 35.9 Å². The molecule has 240 valence electrons. The van der Waals surface area contributed by atoms with E-state index in [0.717, 1.165) is 49.2 Å². The third kappa shape index (κ3) is 5.66. The quantitative estimate of drug-likeness (QED) is 0.252. The molecule has 1 saturated heterocycles. The molecule has 4 aliphatic carbocycles. The van der Waals surface area contributed by atoms with Gasteiger partial charge in [0.2, 0.25) is 0 Å². The lowest BCUT2D eigenvalue weighted by molar-refractivity contribution is -0.150. The van der Waals surface area contributed by atoms with Crippen molar-refractivity contribution in [2.45, 2.75) is 90.7 Å². The van der Waals surface area contributed by atoms with Gasteiger partial charge < -0.3 is 9.64 Å². The van der Waals surface area contributed by atoms with Gasteiger partial charge >= 0.3 is 12.1 Å². The summed E-state index contributed by atoms with van der Waals surface area (Å²) in [5.41, 5.74) is 3.37. The zero-order chi connectivity index (χ0) is 32.1. The van der Waals surface area contributed by atoms with Crippen LogP contribution in [-0.2, 0) is 19.1 Å². The van der Waals surface area contributed by atoms with E-state index in [9.17, 15) is 27.6 Å². The number of esters is 1. The Morgan fingerprint density at radius 2 is 1.80 bits per heavy atom. The first-order valence-electron chi connectivity index (χ1n) is 16.4. The minimum atomic E-state index is -4.76. The number of ketones is 2. The molecule has 0 spiro atoms. The molecule has 45 heavy (non-hydrogen) atoms. The lowest BCUT2D eigenvalue weighted by Crippen LogP contribution is -2.52. The molecule has 5 aliphatic rings. The number of rotatable bonds is 5. The lowest BCUT2D eigenvalue weighted by atomic mass is 9.47. The molecule has 0 amide bonds. The summed E-state index contributed by atoms with van der Waals surface area (Å²) < 4.78 is 46.1. The summed E-state index contributed by atoms with van der Waals surface area (Å²) in [6, 6.07) is 8.60. The number of Topliss-reactive ketones (excluding diaryl/α,β-unsaturated/α-hetero) is 1. The van der Waals surface area contributed by atoms with Gasteiger partial charge in [0, 0.05) is 44.0 Å². The molecular formula is C37H42F3NO4. The Balaban J connectivity index is 1.49. The molecule has 6 atom stereocenters. The first kappa shape index (κ1) is 31.6. The minimum absolute atomic E-state index is 0.0435. The maximum Gasteiger partial charge on any atom is 0.457 e. The molecular weight excluding hydrogens is 579 g/mol. The number of hydrogen-bond acceptors (Lipinski definition) is 5. The highest BCUT2D eigenvalue weighted by atomic mass is 19.4. The maximum absolute atomic E-state index is 14.0. The molecule has 5 nitrogen and oxygen atoms in total. The number of halogens is 3. The highest BCUT2D eigenvalue weighted by Gasteiger charge is 2.66. The van der Waals surface area contributed by atoms with Gasteiger partial charge in [0.1, 0.15) is 0 Å². The van der Waals surface area contributed by atoms with Crippen molar-refractivity contribution in [3.8, 4) is 11.8 Å². The van der Waals surface area contributed by atoms with E-state index in [0.29, 0.717) is 25.7 Å². The molecule has 0 bridgehead atoms. The Morgan fingerprint density at radius 1 is 1.09 bits per heavy atom. The van der Waals surface area contributed by atoms with Crippen LogP contribution in [0.25, 0.3) is 0 Å². The Bertz CT molecular complexity index is 1510. The molecule has 6 rings (SSSR count). The van der Waals surface area contributed by atoms with E-state index in [2.05, 4.69) is 42.0 Å². The number of hydrogen-bond donors (Lipinski definition) is 0. The van der Waals surface area contributed by atoms with E-state index in [1.165, 1.54) is 30.4 Å². The number of fused-ring (bicyclic) bond motifs is 4. The van der Waals surface area contributed by atoms with E-state index < -0.39 is 35.4 Å². The predicted octanol–water partition coefficient (Wildman–Crippen LogP) is 7.51. The van der Waals surface area contributed by atoms with E-state index in [4.69, 9.17) is 4.74 Å². The molecule has 8 heteroatoms. The van der Waals surface area contributed by atoms with Gasteiger partial charge in [-0.05, 0) is 109 Å². The van der Waals surface area contributed by atoms with Gasteiger partial charge in [-0.2, -0.15) is 13.2 Å². The number of piperidine rings is 1. The topological polar surface area (TPSA) is 63.7 Å². The Kier molecular flexibility index (Phi) is 8.29. The zero-order valence-electron chi connectivity index (χ0n) is 26.4. The van der Waals surface area contributed by atoms with Crippen LogP contribution in [0.1, 0.15) is 90.0 Å². The van der Waals surface area contributed by atoms with Crippen molar-refractivity contribution >= 4 is 23.2 Å². The van der Waals surface area contributed by atoms with Crippen molar-refractivity contribution < 1.29 is 32.3 Å². The Hall–Kier alpha value is -3.34. The molecule has 1 unspecified atom stereocenters. The lowest BCUT2D eigenvalue weighted by Gasteiger charge is -2.55. The smallest absolute Gasteiger partial charge is 0.457 e. The first-order valence-corrected chi connectivity index (χ1v) is 16.4. The molecule has 2 saturated carbocycles. The van der Waals surface area contributed by atoms with Crippen molar-refractivity contribution in [2.24, 2.45) is 28.6 Å². The predicted molar refractivity (Wildman–Crippen MR) is 165 cm³/mol. The first-order chi connectivity index (χ1) is 21.3. The van der Waals surface area contributed by atoms with Crippen LogP contribution in [0.5, 0.6) is 0 Å². The van der Waals surface area contributed by atoms with Crippen LogP contribution in [0.4, 0.5) is 18.9 Å². The van der Waals surface area contributed by atoms with Gasteiger partial charge in [-0.15, -0.1) is 0 Å². The number of alkyl halides is 3. The van der Waals surface area contributed by atoms with E-state index in [1.54, 1.807) is 0 Å². The molecule has 0 radical (unpaired) electrons. The van der Waals surface area contributed by atoms with E-state index in [1.807, 2.05) is 13.0 Å². The number of benzene rings is 1. The normalized spacial score (nSPS) is 32.9. The van der Waals surface area contributed by atoms with Crippen LogP contribution in [0, 0.1) is 40.4 Å². The Labute approximate surface area is 263 Å². The summed E-state index contributed by atoms with van der Waals surface area (Å²) in [4.78, 5) is 40.6. The van der Waals surface area contributed by atoms with Crippen LogP contribution >= 0.6 is 0 Å². The summed E-state index contributed by atoms with van der Waals surface area (Å²) >= 11 is 0. The number of allylic oxidation sites excluding steroid dienone is 4. The van der Waals surface area contributed by atoms with Crippen LogP contribution in [0.2, 0.25) is 0 Å². The Morgan fingerprint density at radius 3 is 2.47 bits per heavy atom. The average Bonchev–Trinajstić information content (AvgIpc) is 3.31. The summed E-state index contributed by atoms with van der Waals surface area (Å²) in [7, 11) is 0. The second kappa shape index (κ2) is 11.8. The molecule has 1 aromatic carbocycles. The van der Waals surface area contributed by atoms with Gasteiger partial charge in [0.15, 0.2) is 18.2 Å². The molecule has 1 aromatic rings. The fourth-order valence-electron chi connectivity index (χ4n) is 9.55. The number of carbonyl (C=O) groups is 3. The highest BCUT2D eigenvalue weighted by molar-refractivity contribution is 5.93. The monoisotopic (exact) mass is 621 g/mol. The van der Waals surface area contributed by atoms with Gasteiger partial charge in [0.05, 0.1) is 5.41 Å². The summed E-state index contributed by atoms with van der Waals surface area (Å²) in [6.07, 6.45) is 3.69. The standard InChI is InChI=1S/C37H42F3NO4/c1-23-19-30-32-13-14-36(15-16-37(38,39)40,33(44)22-45-24(2)42)35(32,3)21-31(34(30)28-12-11-27(43)20-29(23)28)25-7-9-26(10-8-25)41-17-5-4-6-18-41/h7-10,20,23,30-32H,4-6,11-14,17-19,21-22H2,1-3H3/t23?,30-,31+,32-,35-,36-/m0/s1. The van der Waals surface area contributed by atoms with Gasteiger partial charge in [0.25, 0.3) is 0 Å². The molecule has 0 N–H and O–H groups in total. The number of nitrogens with zero attached hydrogens (tertiary/aromatic N) is 1. The fraction of sp³-hybridized carbons (Fsp3) is 0.595. The van der Waals surface area contributed by atoms with Crippen LogP contribution < -0.4 is 4.90 Å². The van der Waals surface area contributed by atoms with Gasteiger partial charge in [-0.25, -0.2) is 0 Å². The molecule has 1 aliphatic heterocycles. The summed E-state index contributed by atoms with van der Waals surface area (Å²) in [5.74, 6) is 2.86. The van der Waals surface area contributed by atoms with Crippen LogP contribution in [0.3, 0.4) is 0 Å².